The number of aryl methyl sites for hydroxylation is 2. The SMILES string of the molecule is [B]c1ccc2c(c1)CCc1nc(NC)ccc1-2. The molecule has 0 saturated heterocycles. The molecule has 1 heterocycles. The summed E-state index contributed by atoms with van der Waals surface area (Å²) in [4.78, 5) is 4.61. The van der Waals surface area contributed by atoms with Gasteiger partial charge in [-0.2, -0.15) is 0 Å². The van der Waals surface area contributed by atoms with Crippen molar-refractivity contribution in [1.29, 1.82) is 0 Å². The van der Waals surface area contributed by atoms with Crippen molar-refractivity contribution in [3.05, 3.63) is 41.6 Å². The fourth-order valence-corrected chi connectivity index (χ4v) is 2.41. The number of benzene rings is 1. The summed E-state index contributed by atoms with van der Waals surface area (Å²) >= 11 is 0. The minimum atomic E-state index is 0.840. The van der Waals surface area contributed by atoms with E-state index in [9.17, 15) is 0 Å². The van der Waals surface area contributed by atoms with E-state index in [1.54, 1.807) is 0 Å². The van der Waals surface area contributed by atoms with Crippen LogP contribution in [0.2, 0.25) is 0 Å². The summed E-state index contributed by atoms with van der Waals surface area (Å²) in [7, 11) is 7.72. The Morgan fingerprint density at radius 3 is 2.76 bits per heavy atom. The second-order valence-corrected chi connectivity index (χ2v) is 4.36. The summed E-state index contributed by atoms with van der Waals surface area (Å²) < 4.78 is 0. The standard InChI is InChI=1S/C14H13BN2/c1-16-14-7-5-12-11-4-3-10(15)8-9(11)2-6-13(12)17-14/h3-5,7-8H,2,6H2,1H3,(H,16,17). The van der Waals surface area contributed by atoms with Crippen LogP contribution in [0.1, 0.15) is 11.3 Å². The van der Waals surface area contributed by atoms with Crippen molar-refractivity contribution in [2.75, 3.05) is 12.4 Å². The zero-order valence-corrected chi connectivity index (χ0v) is 9.83. The van der Waals surface area contributed by atoms with E-state index in [4.69, 9.17) is 7.85 Å². The van der Waals surface area contributed by atoms with Crippen LogP contribution >= 0.6 is 0 Å². The summed E-state index contributed by atoms with van der Waals surface area (Å²) in [5.74, 6) is 0.933. The Bertz CT molecular complexity index is 578. The van der Waals surface area contributed by atoms with Gasteiger partial charge in [-0.15, -0.1) is 0 Å². The highest BCUT2D eigenvalue weighted by Gasteiger charge is 2.17. The molecule has 1 aliphatic carbocycles. The van der Waals surface area contributed by atoms with Crippen LogP contribution in [-0.4, -0.2) is 19.9 Å². The highest BCUT2D eigenvalue weighted by Crippen LogP contribution is 2.32. The summed E-state index contributed by atoms with van der Waals surface area (Å²) in [6, 6.07) is 10.3. The average molecular weight is 220 g/mol. The van der Waals surface area contributed by atoms with Crippen LogP contribution in [0.3, 0.4) is 0 Å². The van der Waals surface area contributed by atoms with Gasteiger partial charge in [0.25, 0.3) is 0 Å². The molecule has 82 valence electrons. The zero-order valence-electron chi connectivity index (χ0n) is 9.83. The molecule has 1 N–H and O–H groups in total. The molecule has 1 aromatic carbocycles. The molecule has 0 fully saturated rings. The fourth-order valence-electron chi connectivity index (χ4n) is 2.41. The van der Waals surface area contributed by atoms with Crippen molar-refractivity contribution in [2.24, 2.45) is 0 Å². The van der Waals surface area contributed by atoms with E-state index < -0.39 is 0 Å². The second kappa shape index (κ2) is 3.92. The predicted octanol–water partition coefficient (Wildman–Crippen LogP) is 1.68. The third kappa shape index (κ3) is 1.72. The third-order valence-electron chi connectivity index (χ3n) is 3.28. The quantitative estimate of drug-likeness (QED) is 0.739. The Kier molecular flexibility index (Phi) is 2.39. The number of pyridine rings is 1. The van der Waals surface area contributed by atoms with Crippen molar-refractivity contribution in [2.45, 2.75) is 12.8 Å². The molecule has 3 rings (SSSR count). The molecule has 0 bridgehead atoms. The zero-order chi connectivity index (χ0) is 11.8. The van der Waals surface area contributed by atoms with Crippen molar-refractivity contribution in [1.82, 2.24) is 4.98 Å². The van der Waals surface area contributed by atoms with Gasteiger partial charge in [-0.25, -0.2) is 4.98 Å². The van der Waals surface area contributed by atoms with E-state index in [0.717, 1.165) is 24.1 Å². The Morgan fingerprint density at radius 2 is 1.94 bits per heavy atom. The second-order valence-electron chi connectivity index (χ2n) is 4.36. The number of fused-ring (bicyclic) bond motifs is 3. The first-order valence-electron chi connectivity index (χ1n) is 5.84. The van der Waals surface area contributed by atoms with Gasteiger partial charge in [-0.05, 0) is 36.1 Å². The van der Waals surface area contributed by atoms with Gasteiger partial charge in [0.05, 0.1) is 5.69 Å². The van der Waals surface area contributed by atoms with Crippen molar-refractivity contribution in [3.8, 4) is 11.1 Å². The summed E-state index contributed by atoms with van der Waals surface area (Å²) in [6.07, 6.45) is 2.01. The number of rotatable bonds is 1. The molecule has 2 aromatic rings. The molecule has 1 aromatic heterocycles. The molecule has 0 atom stereocenters. The van der Waals surface area contributed by atoms with E-state index in [0.29, 0.717) is 0 Å². The Balaban J connectivity index is 2.16. The van der Waals surface area contributed by atoms with E-state index in [-0.39, 0.29) is 0 Å². The molecule has 0 saturated carbocycles. The van der Waals surface area contributed by atoms with Crippen molar-refractivity contribution < 1.29 is 0 Å². The van der Waals surface area contributed by atoms with E-state index in [1.165, 1.54) is 22.4 Å². The van der Waals surface area contributed by atoms with Gasteiger partial charge in [-0.1, -0.05) is 23.7 Å². The minimum Gasteiger partial charge on any atom is -0.373 e. The van der Waals surface area contributed by atoms with Gasteiger partial charge in [0.15, 0.2) is 0 Å². The molecule has 2 nitrogen and oxygen atoms in total. The molecule has 0 aliphatic heterocycles. The maximum atomic E-state index is 5.82. The van der Waals surface area contributed by atoms with Crippen molar-refractivity contribution >= 4 is 19.1 Å². The lowest BCUT2D eigenvalue weighted by atomic mass is 9.84. The molecular formula is C14H13BN2. The highest BCUT2D eigenvalue weighted by molar-refractivity contribution is 6.32. The highest BCUT2D eigenvalue weighted by atomic mass is 15.0. The molecular weight excluding hydrogens is 207 g/mol. The van der Waals surface area contributed by atoms with Crippen LogP contribution < -0.4 is 10.8 Å². The smallest absolute Gasteiger partial charge is 0.125 e. The maximum Gasteiger partial charge on any atom is 0.125 e. The molecule has 17 heavy (non-hydrogen) atoms. The lowest BCUT2D eigenvalue weighted by molar-refractivity contribution is 0.898. The number of hydrogen-bond donors (Lipinski definition) is 1. The van der Waals surface area contributed by atoms with Gasteiger partial charge in [0, 0.05) is 12.6 Å². The molecule has 3 heteroatoms. The Morgan fingerprint density at radius 1 is 1.12 bits per heavy atom. The van der Waals surface area contributed by atoms with E-state index in [1.807, 2.05) is 19.2 Å². The first-order chi connectivity index (χ1) is 8.28. The van der Waals surface area contributed by atoms with Gasteiger partial charge in [-0.3, -0.25) is 0 Å². The maximum absolute atomic E-state index is 5.82. The first kappa shape index (κ1) is 10.4. The molecule has 0 amide bonds. The number of anilines is 1. The Hall–Kier alpha value is -1.77. The Labute approximate surface area is 102 Å². The predicted molar refractivity (Wildman–Crippen MR) is 72.0 cm³/mol. The van der Waals surface area contributed by atoms with Gasteiger partial charge >= 0.3 is 0 Å². The number of nitrogens with zero attached hydrogens (tertiary/aromatic N) is 1. The normalized spacial score (nSPS) is 12.8. The first-order valence-corrected chi connectivity index (χ1v) is 5.84. The van der Waals surface area contributed by atoms with Crippen molar-refractivity contribution in [3.63, 3.8) is 0 Å². The van der Waals surface area contributed by atoms with E-state index >= 15 is 0 Å². The van der Waals surface area contributed by atoms with Crippen LogP contribution in [0.25, 0.3) is 11.1 Å². The number of nitrogens with one attached hydrogen (secondary N) is 1. The monoisotopic (exact) mass is 220 g/mol. The summed E-state index contributed by atoms with van der Waals surface area (Å²) in [5.41, 5.74) is 5.86. The summed E-state index contributed by atoms with van der Waals surface area (Å²) in [5, 5.41) is 3.08. The molecule has 1 aliphatic rings. The molecule has 2 radical (unpaired) electrons. The average Bonchev–Trinajstić information content (AvgIpc) is 2.37. The van der Waals surface area contributed by atoms with Crippen LogP contribution in [-0.2, 0) is 12.8 Å². The minimum absolute atomic E-state index is 0.840. The lowest BCUT2D eigenvalue weighted by Gasteiger charge is -2.20. The fraction of sp³-hybridized carbons (Fsp3) is 0.214. The van der Waals surface area contributed by atoms with Crippen LogP contribution in [0.15, 0.2) is 30.3 Å². The number of hydrogen-bond acceptors (Lipinski definition) is 2. The van der Waals surface area contributed by atoms with Gasteiger partial charge in [0.2, 0.25) is 0 Å². The largest absolute Gasteiger partial charge is 0.373 e. The van der Waals surface area contributed by atoms with Gasteiger partial charge < -0.3 is 5.32 Å². The van der Waals surface area contributed by atoms with Crippen LogP contribution in [0, 0.1) is 0 Å². The van der Waals surface area contributed by atoms with Crippen LogP contribution in [0.5, 0.6) is 0 Å². The molecule has 0 spiro atoms. The van der Waals surface area contributed by atoms with Crippen LogP contribution in [0.4, 0.5) is 5.82 Å². The number of aromatic nitrogens is 1. The molecule has 0 unspecified atom stereocenters. The topological polar surface area (TPSA) is 24.9 Å². The summed E-state index contributed by atoms with van der Waals surface area (Å²) in [6.45, 7) is 0. The lowest BCUT2D eigenvalue weighted by Crippen LogP contribution is -2.11. The third-order valence-corrected chi connectivity index (χ3v) is 3.28. The van der Waals surface area contributed by atoms with E-state index in [2.05, 4.69) is 28.5 Å². The van der Waals surface area contributed by atoms with Gasteiger partial charge in [0.1, 0.15) is 13.7 Å².